The summed E-state index contributed by atoms with van der Waals surface area (Å²) in [6.07, 6.45) is 0. The number of urea groups is 1. The number of carbonyl (C=O) groups is 2. The van der Waals surface area contributed by atoms with Crippen LogP contribution in [0.3, 0.4) is 0 Å². The normalized spacial score (nSPS) is 11.6. The molecular weight excluding hydrogens is 302 g/mol. The minimum Gasteiger partial charge on any atom is -0.338 e. The number of nitrogens with one attached hydrogen (secondary N) is 3. The molecule has 126 valence electrons. The van der Waals surface area contributed by atoms with E-state index in [1.807, 2.05) is 61.5 Å². The minimum atomic E-state index is -0.602. The van der Waals surface area contributed by atoms with E-state index in [0.29, 0.717) is 13.1 Å². The van der Waals surface area contributed by atoms with Crippen LogP contribution in [-0.4, -0.2) is 18.5 Å². The topological polar surface area (TPSA) is 70.2 Å². The van der Waals surface area contributed by atoms with Crippen molar-refractivity contribution in [1.29, 1.82) is 0 Å². The molecule has 0 saturated carbocycles. The molecule has 0 radical (unpaired) electrons. The van der Waals surface area contributed by atoms with Gasteiger partial charge in [-0.2, -0.15) is 0 Å². The average Bonchev–Trinajstić information content (AvgIpc) is 2.58. The molecule has 0 aliphatic rings. The second kappa shape index (κ2) is 8.84. The molecular formula is C19H23N3O2. The van der Waals surface area contributed by atoms with Crippen molar-refractivity contribution in [1.82, 2.24) is 16.0 Å². The SMILES string of the molecule is CCNC(=O)NC(=O)C(NCc1ccc(C)cc1)c1ccccc1. The maximum atomic E-state index is 12.5. The number of amides is 3. The third-order valence-electron chi connectivity index (χ3n) is 3.60. The second-order valence-corrected chi connectivity index (χ2v) is 5.56. The van der Waals surface area contributed by atoms with Crippen molar-refractivity contribution in [2.24, 2.45) is 0 Å². The Hall–Kier alpha value is -2.66. The van der Waals surface area contributed by atoms with Gasteiger partial charge in [-0.05, 0) is 25.0 Å². The zero-order valence-electron chi connectivity index (χ0n) is 14.0. The van der Waals surface area contributed by atoms with Crippen molar-refractivity contribution in [3.05, 3.63) is 71.3 Å². The van der Waals surface area contributed by atoms with Gasteiger partial charge in [-0.3, -0.25) is 15.4 Å². The molecule has 0 aromatic heterocycles. The van der Waals surface area contributed by atoms with Crippen LogP contribution in [0, 0.1) is 6.92 Å². The van der Waals surface area contributed by atoms with Crippen LogP contribution in [0.5, 0.6) is 0 Å². The Labute approximate surface area is 142 Å². The first-order valence-corrected chi connectivity index (χ1v) is 8.02. The molecule has 0 aliphatic carbocycles. The first-order chi connectivity index (χ1) is 11.6. The maximum Gasteiger partial charge on any atom is 0.321 e. The summed E-state index contributed by atoms with van der Waals surface area (Å²) in [5.41, 5.74) is 3.08. The maximum absolute atomic E-state index is 12.5. The van der Waals surface area contributed by atoms with Crippen molar-refractivity contribution in [2.45, 2.75) is 26.4 Å². The lowest BCUT2D eigenvalue weighted by atomic mass is 10.1. The Morgan fingerprint density at radius 2 is 1.67 bits per heavy atom. The quantitative estimate of drug-likeness (QED) is 0.765. The van der Waals surface area contributed by atoms with E-state index in [-0.39, 0.29) is 5.91 Å². The molecule has 2 aromatic rings. The fourth-order valence-electron chi connectivity index (χ4n) is 2.32. The summed E-state index contributed by atoms with van der Waals surface area (Å²) in [7, 11) is 0. The van der Waals surface area contributed by atoms with Gasteiger partial charge < -0.3 is 5.32 Å². The minimum absolute atomic E-state index is 0.376. The number of carbonyl (C=O) groups excluding carboxylic acids is 2. The van der Waals surface area contributed by atoms with Crippen LogP contribution in [0.1, 0.15) is 29.7 Å². The predicted molar refractivity (Wildman–Crippen MR) is 94.4 cm³/mol. The number of hydrogen-bond donors (Lipinski definition) is 3. The lowest BCUT2D eigenvalue weighted by Gasteiger charge is -2.18. The van der Waals surface area contributed by atoms with Crippen LogP contribution in [0.4, 0.5) is 4.79 Å². The molecule has 24 heavy (non-hydrogen) atoms. The lowest BCUT2D eigenvalue weighted by Crippen LogP contribution is -2.44. The Morgan fingerprint density at radius 1 is 1.00 bits per heavy atom. The van der Waals surface area contributed by atoms with Crippen LogP contribution >= 0.6 is 0 Å². The molecule has 0 aliphatic heterocycles. The average molecular weight is 325 g/mol. The standard InChI is InChI=1S/C19H23N3O2/c1-3-20-19(24)22-18(23)17(16-7-5-4-6-8-16)21-13-15-11-9-14(2)10-12-15/h4-12,17,21H,3,13H2,1-2H3,(H2,20,22,23,24). The Kier molecular flexibility index (Phi) is 6.51. The molecule has 5 heteroatoms. The molecule has 0 spiro atoms. The first-order valence-electron chi connectivity index (χ1n) is 8.02. The number of imide groups is 1. The zero-order valence-corrected chi connectivity index (χ0v) is 14.0. The molecule has 2 aromatic carbocycles. The number of benzene rings is 2. The van der Waals surface area contributed by atoms with Crippen molar-refractivity contribution < 1.29 is 9.59 Å². The molecule has 3 amide bonds. The van der Waals surface area contributed by atoms with E-state index in [0.717, 1.165) is 11.1 Å². The van der Waals surface area contributed by atoms with Gasteiger partial charge in [0.2, 0.25) is 5.91 Å². The van der Waals surface area contributed by atoms with E-state index in [2.05, 4.69) is 16.0 Å². The Morgan fingerprint density at radius 3 is 2.29 bits per heavy atom. The van der Waals surface area contributed by atoms with Gasteiger partial charge in [0.05, 0.1) is 0 Å². The van der Waals surface area contributed by atoms with Gasteiger partial charge in [0.1, 0.15) is 6.04 Å². The smallest absolute Gasteiger partial charge is 0.321 e. The molecule has 0 fully saturated rings. The van der Waals surface area contributed by atoms with Gasteiger partial charge in [-0.1, -0.05) is 60.2 Å². The van der Waals surface area contributed by atoms with Crippen molar-refractivity contribution in [3.63, 3.8) is 0 Å². The summed E-state index contributed by atoms with van der Waals surface area (Å²) in [6.45, 7) is 4.83. The molecule has 0 saturated heterocycles. The zero-order chi connectivity index (χ0) is 17.4. The largest absolute Gasteiger partial charge is 0.338 e. The van der Waals surface area contributed by atoms with E-state index in [9.17, 15) is 9.59 Å². The second-order valence-electron chi connectivity index (χ2n) is 5.56. The Bertz CT molecular complexity index is 669. The molecule has 0 bridgehead atoms. The van der Waals surface area contributed by atoms with Gasteiger partial charge in [-0.25, -0.2) is 4.79 Å². The molecule has 1 atom stereocenters. The summed E-state index contributed by atoms with van der Waals surface area (Å²) in [6, 6.07) is 16.4. The van der Waals surface area contributed by atoms with Crippen molar-refractivity contribution in [3.8, 4) is 0 Å². The van der Waals surface area contributed by atoms with Gasteiger partial charge >= 0.3 is 6.03 Å². The highest BCUT2D eigenvalue weighted by Gasteiger charge is 2.21. The van der Waals surface area contributed by atoms with Crippen LogP contribution < -0.4 is 16.0 Å². The number of hydrogen-bond acceptors (Lipinski definition) is 3. The van der Waals surface area contributed by atoms with E-state index in [1.165, 1.54) is 5.56 Å². The lowest BCUT2D eigenvalue weighted by molar-refractivity contribution is -0.122. The van der Waals surface area contributed by atoms with E-state index in [4.69, 9.17) is 0 Å². The highest BCUT2D eigenvalue weighted by molar-refractivity contribution is 5.97. The van der Waals surface area contributed by atoms with Crippen LogP contribution in [0.25, 0.3) is 0 Å². The van der Waals surface area contributed by atoms with Crippen molar-refractivity contribution in [2.75, 3.05) is 6.54 Å². The van der Waals surface area contributed by atoms with Crippen LogP contribution in [-0.2, 0) is 11.3 Å². The molecule has 3 N–H and O–H groups in total. The van der Waals surface area contributed by atoms with Crippen molar-refractivity contribution >= 4 is 11.9 Å². The van der Waals surface area contributed by atoms with Gasteiger partial charge in [0.25, 0.3) is 0 Å². The summed E-state index contributed by atoms with van der Waals surface area (Å²) >= 11 is 0. The highest BCUT2D eigenvalue weighted by Crippen LogP contribution is 2.14. The van der Waals surface area contributed by atoms with E-state index in [1.54, 1.807) is 6.92 Å². The summed E-state index contributed by atoms with van der Waals surface area (Å²) in [4.78, 5) is 24.1. The molecule has 1 unspecified atom stereocenters. The monoisotopic (exact) mass is 325 g/mol. The first kappa shape index (κ1) is 17.7. The fourth-order valence-corrected chi connectivity index (χ4v) is 2.32. The Balaban J connectivity index is 2.09. The van der Waals surface area contributed by atoms with Crippen LogP contribution in [0.2, 0.25) is 0 Å². The third kappa shape index (κ3) is 5.21. The van der Waals surface area contributed by atoms with Gasteiger partial charge in [0, 0.05) is 13.1 Å². The number of rotatable bonds is 6. The van der Waals surface area contributed by atoms with Gasteiger partial charge in [-0.15, -0.1) is 0 Å². The molecule has 2 rings (SSSR count). The third-order valence-corrected chi connectivity index (χ3v) is 3.60. The summed E-state index contributed by atoms with van der Waals surface area (Å²) < 4.78 is 0. The number of aryl methyl sites for hydroxylation is 1. The molecule has 0 heterocycles. The summed E-state index contributed by atoms with van der Waals surface area (Å²) in [5.74, 6) is -0.376. The predicted octanol–water partition coefficient (Wildman–Crippen LogP) is 2.67. The van der Waals surface area contributed by atoms with E-state index < -0.39 is 12.1 Å². The molecule has 5 nitrogen and oxygen atoms in total. The van der Waals surface area contributed by atoms with Crippen LogP contribution in [0.15, 0.2) is 54.6 Å². The van der Waals surface area contributed by atoms with E-state index >= 15 is 0 Å². The highest BCUT2D eigenvalue weighted by atomic mass is 16.2. The summed E-state index contributed by atoms with van der Waals surface area (Å²) in [5, 5.41) is 8.16. The van der Waals surface area contributed by atoms with Gasteiger partial charge in [0.15, 0.2) is 0 Å². The fraction of sp³-hybridized carbons (Fsp3) is 0.263.